The minimum atomic E-state index is -0.529. The average molecular weight is 303 g/mol. The van der Waals surface area contributed by atoms with E-state index < -0.39 is 5.91 Å². The molecule has 1 fully saturated rings. The Morgan fingerprint density at radius 3 is 2.23 bits per heavy atom. The van der Waals surface area contributed by atoms with Gasteiger partial charge in [0.05, 0.1) is 0 Å². The number of rotatable bonds is 3. The Labute approximate surface area is 131 Å². The van der Waals surface area contributed by atoms with Crippen molar-refractivity contribution >= 4 is 11.8 Å². The molecule has 1 saturated heterocycles. The zero-order chi connectivity index (χ0) is 16.5. The number of hydrogen-bond acceptors (Lipinski definition) is 3. The molecular formula is C17H25N3O2. The standard InChI is InChI=1S/C17H25N3O2/c1-16(2)9-13(10-17(3,4)20-16)19-15(22)12-7-5-6-11(8-12)14(18)21/h5-8,13,20H,9-10H2,1-4H3,(H2,18,21)(H,19,22). The first-order valence-electron chi connectivity index (χ1n) is 7.58. The van der Waals surface area contributed by atoms with E-state index in [2.05, 4.69) is 38.3 Å². The Morgan fingerprint density at radius 1 is 1.14 bits per heavy atom. The molecule has 5 nitrogen and oxygen atoms in total. The Balaban J connectivity index is 2.11. The van der Waals surface area contributed by atoms with Crippen LogP contribution in [0.2, 0.25) is 0 Å². The van der Waals surface area contributed by atoms with Crippen molar-refractivity contribution in [3.8, 4) is 0 Å². The number of nitrogens with one attached hydrogen (secondary N) is 2. The predicted octanol–water partition coefficient (Wildman–Crippen LogP) is 1.82. The van der Waals surface area contributed by atoms with E-state index >= 15 is 0 Å². The van der Waals surface area contributed by atoms with Crippen molar-refractivity contribution in [2.24, 2.45) is 5.73 Å². The summed E-state index contributed by atoms with van der Waals surface area (Å²) in [4.78, 5) is 23.6. The van der Waals surface area contributed by atoms with E-state index in [0.717, 1.165) is 12.8 Å². The number of nitrogens with two attached hydrogens (primary N) is 1. The molecule has 1 aliphatic rings. The Kier molecular flexibility index (Phi) is 4.29. The number of carbonyl (C=O) groups excluding carboxylic acids is 2. The van der Waals surface area contributed by atoms with Gasteiger partial charge in [-0.1, -0.05) is 6.07 Å². The highest BCUT2D eigenvalue weighted by molar-refractivity contribution is 5.99. The fourth-order valence-electron chi connectivity index (χ4n) is 3.51. The number of carbonyl (C=O) groups is 2. The molecule has 0 radical (unpaired) electrons. The molecule has 1 aromatic rings. The topological polar surface area (TPSA) is 84.2 Å². The molecule has 2 amide bonds. The van der Waals surface area contributed by atoms with Crippen molar-refractivity contribution in [3.63, 3.8) is 0 Å². The van der Waals surface area contributed by atoms with Crippen molar-refractivity contribution in [1.82, 2.24) is 10.6 Å². The minimum Gasteiger partial charge on any atom is -0.366 e. The molecule has 0 unspecified atom stereocenters. The first kappa shape index (κ1) is 16.5. The summed E-state index contributed by atoms with van der Waals surface area (Å²) in [7, 11) is 0. The average Bonchev–Trinajstić information content (AvgIpc) is 2.34. The van der Waals surface area contributed by atoms with Crippen LogP contribution < -0.4 is 16.4 Å². The fourth-order valence-corrected chi connectivity index (χ4v) is 3.51. The third-order valence-corrected chi connectivity index (χ3v) is 3.93. The first-order chi connectivity index (χ1) is 10.1. The lowest BCUT2D eigenvalue weighted by molar-refractivity contribution is 0.0873. The van der Waals surface area contributed by atoms with Crippen LogP contribution in [-0.2, 0) is 0 Å². The molecule has 0 bridgehead atoms. The van der Waals surface area contributed by atoms with E-state index in [1.54, 1.807) is 18.2 Å². The van der Waals surface area contributed by atoms with Gasteiger partial charge in [0, 0.05) is 28.2 Å². The molecule has 0 atom stereocenters. The summed E-state index contributed by atoms with van der Waals surface area (Å²) in [5.74, 6) is -0.694. The van der Waals surface area contributed by atoms with Crippen LogP contribution in [0, 0.1) is 0 Å². The summed E-state index contributed by atoms with van der Waals surface area (Å²) in [6.07, 6.45) is 1.72. The van der Waals surface area contributed by atoms with E-state index in [4.69, 9.17) is 5.73 Å². The molecule has 2 rings (SSSR count). The summed E-state index contributed by atoms with van der Waals surface area (Å²) in [5, 5.41) is 6.67. The van der Waals surface area contributed by atoms with Crippen LogP contribution in [0.4, 0.5) is 0 Å². The summed E-state index contributed by atoms with van der Waals surface area (Å²) in [6, 6.07) is 6.60. The molecule has 4 N–H and O–H groups in total. The van der Waals surface area contributed by atoms with Crippen molar-refractivity contribution in [3.05, 3.63) is 35.4 Å². The quantitative estimate of drug-likeness (QED) is 0.796. The molecule has 0 saturated carbocycles. The predicted molar refractivity (Wildman–Crippen MR) is 86.7 cm³/mol. The van der Waals surface area contributed by atoms with Crippen LogP contribution in [0.1, 0.15) is 61.3 Å². The molecule has 120 valence electrons. The van der Waals surface area contributed by atoms with Gasteiger partial charge in [-0.25, -0.2) is 0 Å². The maximum Gasteiger partial charge on any atom is 0.251 e. The van der Waals surface area contributed by atoms with E-state index in [1.165, 1.54) is 6.07 Å². The second kappa shape index (κ2) is 5.72. The van der Waals surface area contributed by atoms with Gasteiger partial charge in [-0.05, 0) is 58.7 Å². The molecule has 0 spiro atoms. The van der Waals surface area contributed by atoms with Crippen molar-refractivity contribution < 1.29 is 9.59 Å². The lowest BCUT2D eigenvalue weighted by Crippen LogP contribution is -2.62. The molecule has 0 aromatic heterocycles. The maximum atomic E-state index is 12.4. The van der Waals surface area contributed by atoms with E-state index in [0.29, 0.717) is 11.1 Å². The number of piperidine rings is 1. The normalized spacial score (nSPS) is 20.4. The SMILES string of the molecule is CC1(C)CC(NC(=O)c2cccc(C(N)=O)c2)CC(C)(C)N1. The van der Waals surface area contributed by atoms with Gasteiger partial charge in [-0.2, -0.15) is 0 Å². The van der Waals surface area contributed by atoms with Crippen LogP contribution in [0.15, 0.2) is 24.3 Å². The van der Waals surface area contributed by atoms with Crippen LogP contribution in [0.25, 0.3) is 0 Å². The minimum absolute atomic E-state index is 0.0330. The van der Waals surface area contributed by atoms with Gasteiger partial charge in [0.15, 0.2) is 0 Å². The van der Waals surface area contributed by atoms with Crippen LogP contribution >= 0.6 is 0 Å². The Morgan fingerprint density at radius 2 is 1.68 bits per heavy atom. The monoisotopic (exact) mass is 303 g/mol. The van der Waals surface area contributed by atoms with E-state index in [-0.39, 0.29) is 23.0 Å². The highest BCUT2D eigenvalue weighted by Gasteiger charge is 2.38. The molecule has 1 aliphatic heterocycles. The number of hydrogen-bond donors (Lipinski definition) is 3. The highest BCUT2D eigenvalue weighted by Crippen LogP contribution is 2.28. The van der Waals surface area contributed by atoms with E-state index in [1.807, 2.05) is 0 Å². The summed E-state index contributed by atoms with van der Waals surface area (Å²) >= 11 is 0. The van der Waals surface area contributed by atoms with Gasteiger partial charge >= 0.3 is 0 Å². The van der Waals surface area contributed by atoms with Crippen LogP contribution in [0.5, 0.6) is 0 Å². The Hall–Kier alpha value is -1.88. The molecule has 1 aromatic carbocycles. The van der Waals surface area contributed by atoms with Gasteiger partial charge in [-0.15, -0.1) is 0 Å². The smallest absolute Gasteiger partial charge is 0.251 e. The largest absolute Gasteiger partial charge is 0.366 e. The van der Waals surface area contributed by atoms with Crippen molar-refractivity contribution in [1.29, 1.82) is 0 Å². The zero-order valence-electron chi connectivity index (χ0n) is 13.7. The number of benzene rings is 1. The number of amides is 2. The number of primary amides is 1. The maximum absolute atomic E-state index is 12.4. The summed E-state index contributed by atoms with van der Waals surface area (Å²) < 4.78 is 0. The summed E-state index contributed by atoms with van der Waals surface area (Å²) in [5.41, 5.74) is 6.00. The third-order valence-electron chi connectivity index (χ3n) is 3.93. The third kappa shape index (κ3) is 4.07. The molecule has 5 heteroatoms. The van der Waals surface area contributed by atoms with Crippen molar-refractivity contribution in [2.45, 2.75) is 57.7 Å². The van der Waals surface area contributed by atoms with Crippen molar-refractivity contribution in [2.75, 3.05) is 0 Å². The second-order valence-corrected chi connectivity index (χ2v) is 7.42. The lowest BCUT2D eigenvalue weighted by Gasteiger charge is -2.46. The van der Waals surface area contributed by atoms with Gasteiger partial charge in [0.1, 0.15) is 0 Å². The zero-order valence-corrected chi connectivity index (χ0v) is 13.7. The van der Waals surface area contributed by atoms with Gasteiger partial charge in [0.2, 0.25) is 5.91 Å². The fraction of sp³-hybridized carbons (Fsp3) is 0.529. The molecule has 22 heavy (non-hydrogen) atoms. The van der Waals surface area contributed by atoms with Crippen LogP contribution in [0.3, 0.4) is 0 Å². The Bertz CT molecular complexity index is 577. The van der Waals surface area contributed by atoms with Gasteiger partial charge in [0.25, 0.3) is 5.91 Å². The lowest BCUT2D eigenvalue weighted by atomic mass is 9.79. The molecular weight excluding hydrogens is 278 g/mol. The summed E-state index contributed by atoms with van der Waals surface area (Å²) in [6.45, 7) is 8.56. The van der Waals surface area contributed by atoms with Crippen LogP contribution in [-0.4, -0.2) is 28.9 Å². The molecule has 0 aliphatic carbocycles. The van der Waals surface area contributed by atoms with Gasteiger partial charge in [-0.3, -0.25) is 9.59 Å². The van der Waals surface area contributed by atoms with Gasteiger partial charge < -0.3 is 16.4 Å². The molecule has 1 heterocycles. The second-order valence-electron chi connectivity index (χ2n) is 7.42. The first-order valence-corrected chi connectivity index (χ1v) is 7.58. The highest BCUT2D eigenvalue weighted by atomic mass is 16.2. The van der Waals surface area contributed by atoms with E-state index in [9.17, 15) is 9.59 Å².